The molecule has 0 radical (unpaired) electrons. The normalized spacial score (nSPS) is 17.2. The van der Waals surface area contributed by atoms with Crippen LogP contribution in [0.15, 0.2) is 42.7 Å². The maximum atomic E-state index is 11.9. The van der Waals surface area contributed by atoms with Gasteiger partial charge in [0.25, 0.3) is 0 Å². The lowest BCUT2D eigenvalue weighted by Crippen LogP contribution is -2.44. The van der Waals surface area contributed by atoms with Gasteiger partial charge in [-0.2, -0.15) is 5.10 Å². The highest BCUT2D eigenvalue weighted by molar-refractivity contribution is 5.82. The molecule has 1 aromatic carbocycles. The van der Waals surface area contributed by atoms with E-state index in [1.807, 2.05) is 17.1 Å². The van der Waals surface area contributed by atoms with Gasteiger partial charge in [-0.25, -0.2) is 4.79 Å². The number of urea groups is 1. The van der Waals surface area contributed by atoms with Gasteiger partial charge in [0, 0.05) is 63.6 Å². The maximum absolute atomic E-state index is 11.9. The number of carbonyl (C=O) groups excluding carboxylic acids is 1. The number of benzene rings is 1. The molecule has 4 rings (SSSR count). The summed E-state index contributed by atoms with van der Waals surface area (Å²) in [5.41, 5.74) is 3.66. The van der Waals surface area contributed by atoms with Crippen LogP contribution in [0.25, 0.3) is 10.9 Å². The zero-order valence-electron chi connectivity index (χ0n) is 15.1. The number of aromatic amines is 1. The molecular formula is C19H24N6O. The number of nitrogens with one attached hydrogen (secondary N) is 2. The Morgan fingerprint density at radius 3 is 3.08 bits per heavy atom. The minimum absolute atomic E-state index is 0.0760. The molecule has 0 saturated heterocycles. The van der Waals surface area contributed by atoms with E-state index in [4.69, 9.17) is 0 Å². The fourth-order valence-corrected chi connectivity index (χ4v) is 3.63. The van der Waals surface area contributed by atoms with Crippen LogP contribution < -0.4 is 5.32 Å². The summed E-state index contributed by atoms with van der Waals surface area (Å²) in [6.45, 7) is 3.15. The van der Waals surface area contributed by atoms with Gasteiger partial charge in [-0.05, 0) is 23.8 Å². The molecule has 0 bridgehead atoms. The Hall–Kier alpha value is -2.80. The number of carbonyl (C=O) groups is 1. The van der Waals surface area contributed by atoms with Crippen molar-refractivity contribution in [2.45, 2.75) is 19.1 Å². The highest BCUT2D eigenvalue weighted by Gasteiger charge is 2.26. The Kier molecular flexibility index (Phi) is 4.38. The van der Waals surface area contributed by atoms with Crippen molar-refractivity contribution in [2.75, 3.05) is 27.2 Å². The summed E-state index contributed by atoms with van der Waals surface area (Å²) in [4.78, 5) is 19.1. The van der Waals surface area contributed by atoms with E-state index < -0.39 is 0 Å². The van der Waals surface area contributed by atoms with E-state index >= 15 is 0 Å². The van der Waals surface area contributed by atoms with Crippen molar-refractivity contribution < 1.29 is 4.79 Å². The van der Waals surface area contributed by atoms with Gasteiger partial charge in [-0.3, -0.25) is 9.58 Å². The van der Waals surface area contributed by atoms with E-state index in [2.05, 4.69) is 50.6 Å². The van der Waals surface area contributed by atoms with E-state index in [1.165, 1.54) is 22.2 Å². The van der Waals surface area contributed by atoms with Crippen molar-refractivity contribution in [1.29, 1.82) is 0 Å². The number of fused-ring (bicyclic) bond motifs is 2. The van der Waals surface area contributed by atoms with Crippen molar-refractivity contribution in [3.63, 3.8) is 0 Å². The number of H-pyrrole nitrogens is 1. The average Bonchev–Trinajstić information content (AvgIpc) is 3.28. The molecule has 0 unspecified atom stereocenters. The Labute approximate surface area is 152 Å². The first-order valence-corrected chi connectivity index (χ1v) is 8.86. The summed E-state index contributed by atoms with van der Waals surface area (Å²) in [7, 11) is 3.50. The lowest BCUT2D eigenvalue weighted by Gasteiger charge is -2.34. The summed E-state index contributed by atoms with van der Waals surface area (Å²) in [5.74, 6) is 0. The minimum atomic E-state index is -0.0760. The standard InChI is InChI=1S/C19H24N6O/c1-23(2)19(26)21-10-16-13-24(12-15-6-9-22-25(15)16)11-14-4-3-5-18-17(14)7-8-20-18/h3-9,16,20H,10-13H2,1-2H3,(H,21,26)/t16-/m1/s1. The predicted octanol–water partition coefficient (Wildman–Crippen LogP) is 2.19. The zero-order chi connectivity index (χ0) is 18.1. The Morgan fingerprint density at radius 1 is 1.35 bits per heavy atom. The Bertz CT molecular complexity index is 912. The maximum Gasteiger partial charge on any atom is 0.316 e. The molecule has 1 aliphatic heterocycles. The summed E-state index contributed by atoms with van der Waals surface area (Å²) < 4.78 is 2.04. The first-order chi connectivity index (χ1) is 12.6. The van der Waals surface area contributed by atoms with Gasteiger partial charge < -0.3 is 15.2 Å². The number of hydrogen-bond acceptors (Lipinski definition) is 3. The summed E-state index contributed by atoms with van der Waals surface area (Å²) in [6, 6.07) is 10.6. The van der Waals surface area contributed by atoms with Crippen LogP contribution in [-0.2, 0) is 13.1 Å². The number of hydrogen-bond donors (Lipinski definition) is 2. The van der Waals surface area contributed by atoms with Crippen LogP contribution in [0, 0.1) is 0 Å². The fraction of sp³-hybridized carbons (Fsp3) is 0.368. The molecule has 0 spiro atoms. The van der Waals surface area contributed by atoms with Crippen LogP contribution >= 0.6 is 0 Å². The molecule has 0 fully saturated rings. The molecule has 7 nitrogen and oxygen atoms in total. The largest absolute Gasteiger partial charge is 0.361 e. The van der Waals surface area contributed by atoms with Crippen molar-refractivity contribution >= 4 is 16.9 Å². The highest BCUT2D eigenvalue weighted by atomic mass is 16.2. The molecule has 0 saturated carbocycles. The second kappa shape index (κ2) is 6.84. The monoisotopic (exact) mass is 352 g/mol. The summed E-state index contributed by atoms with van der Waals surface area (Å²) in [6.07, 6.45) is 3.82. The Morgan fingerprint density at radius 2 is 2.23 bits per heavy atom. The molecule has 2 N–H and O–H groups in total. The number of amides is 2. The molecule has 2 aromatic heterocycles. The highest BCUT2D eigenvalue weighted by Crippen LogP contribution is 2.24. The van der Waals surface area contributed by atoms with E-state index in [-0.39, 0.29) is 12.1 Å². The molecule has 1 aliphatic rings. The van der Waals surface area contributed by atoms with Gasteiger partial charge in [0.2, 0.25) is 0 Å². The minimum Gasteiger partial charge on any atom is -0.361 e. The second-order valence-electron chi connectivity index (χ2n) is 7.03. The van der Waals surface area contributed by atoms with Crippen LogP contribution in [0.5, 0.6) is 0 Å². The smallest absolute Gasteiger partial charge is 0.316 e. The fourth-order valence-electron chi connectivity index (χ4n) is 3.63. The second-order valence-corrected chi connectivity index (χ2v) is 7.03. The Balaban J connectivity index is 1.52. The third kappa shape index (κ3) is 3.17. The quantitative estimate of drug-likeness (QED) is 0.756. The van der Waals surface area contributed by atoms with Crippen LogP contribution in [0.3, 0.4) is 0 Å². The SMILES string of the molecule is CN(C)C(=O)NC[C@@H]1CN(Cc2cccc3[nH]ccc23)Cc2ccnn21. The zero-order valence-corrected chi connectivity index (χ0v) is 15.1. The van der Waals surface area contributed by atoms with Crippen LogP contribution in [-0.4, -0.2) is 57.8 Å². The van der Waals surface area contributed by atoms with Crippen molar-refractivity contribution in [2.24, 2.45) is 0 Å². The molecule has 0 aliphatic carbocycles. The van der Waals surface area contributed by atoms with E-state index in [0.29, 0.717) is 6.54 Å². The van der Waals surface area contributed by atoms with E-state index in [1.54, 1.807) is 19.0 Å². The number of rotatable bonds is 4. The molecule has 2 amide bonds. The lowest BCUT2D eigenvalue weighted by atomic mass is 10.1. The molecule has 136 valence electrons. The van der Waals surface area contributed by atoms with E-state index in [0.717, 1.165) is 19.6 Å². The van der Waals surface area contributed by atoms with E-state index in [9.17, 15) is 4.79 Å². The van der Waals surface area contributed by atoms with Crippen LogP contribution in [0.1, 0.15) is 17.3 Å². The van der Waals surface area contributed by atoms with Crippen LogP contribution in [0.4, 0.5) is 4.79 Å². The molecular weight excluding hydrogens is 328 g/mol. The van der Waals surface area contributed by atoms with Gasteiger partial charge in [-0.15, -0.1) is 0 Å². The first-order valence-electron chi connectivity index (χ1n) is 8.86. The number of aromatic nitrogens is 3. The van der Waals surface area contributed by atoms with Gasteiger partial charge in [0.1, 0.15) is 0 Å². The molecule has 7 heteroatoms. The summed E-state index contributed by atoms with van der Waals surface area (Å²) >= 11 is 0. The lowest BCUT2D eigenvalue weighted by molar-refractivity contribution is 0.162. The molecule has 1 atom stereocenters. The third-order valence-corrected chi connectivity index (χ3v) is 4.93. The van der Waals surface area contributed by atoms with Gasteiger partial charge in [-0.1, -0.05) is 12.1 Å². The van der Waals surface area contributed by atoms with Crippen molar-refractivity contribution in [3.05, 3.63) is 54.0 Å². The van der Waals surface area contributed by atoms with Gasteiger partial charge in [0.05, 0.1) is 11.7 Å². The number of nitrogens with zero attached hydrogens (tertiary/aromatic N) is 4. The van der Waals surface area contributed by atoms with Crippen LogP contribution in [0.2, 0.25) is 0 Å². The van der Waals surface area contributed by atoms with Crippen molar-refractivity contribution in [3.8, 4) is 0 Å². The van der Waals surface area contributed by atoms with Crippen molar-refractivity contribution in [1.82, 2.24) is 29.9 Å². The molecule has 3 heterocycles. The molecule has 26 heavy (non-hydrogen) atoms. The predicted molar refractivity (Wildman–Crippen MR) is 101 cm³/mol. The third-order valence-electron chi connectivity index (χ3n) is 4.93. The first kappa shape index (κ1) is 16.7. The van der Waals surface area contributed by atoms with Gasteiger partial charge in [0.15, 0.2) is 0 Å². The molecule has 3 aromatic rings. The average molecular weight is 352 g/mol. The topological polar surface area (TPSA) is 69.2 Å². The van der Waals surface area contributed by atoms with Gasteiger partial charge >= 0.3 is 6.03 Å². The summed E-state index contributed by atoms with van der Waals surface area (Å²) in [5, 5.41) is 8.72.